The van der Waals surface area contributed by atoms with Gasteiger partial charge in [0.15, 0.2) is 0 Å². The summed E-state index contributed by atoms with van der Waals surface area (Å²) in [6.07, 6.45) is 3.39. The highest BCUT2D eigenvalue weighted by Gasteiger charge is 2.21. The summed E-state index contributed by atoms with van der Waals surface area (Å²) >= 11 is 0. The molecule has 2 N–H and O–H groups in total. The van der Waals surface area contributed by atoms with E-state index in [-0.39, 0.29) is 5.60 Å². The standard InChI is InChI=1S/C15H34N2O/c1-7-17-13-14(2,3)10-12-18-15(4,5)9-8-11-16-6/h16-17H,7-13H2,1-6H3. The van der Waals surface area contributed by atoms with Gasteiger partial charge in [-0.15, -0.1) is 0 Å². The first-order chi connectivity index (χ1) is 8.33. The van der Waals surface area contributed by atoms with E-state index in [0.717, 1.165) is 39.1 Å². The number of hydrogen-bond donors (Lipinski definition) is 2. The molecule has 0 spiro atoms. The molecule has 0 radical (unpaired) electrons. The van der Waals surface area contributed by atoms with Crippen molar-refractivity contribution in [1.29, 1.82) is 0 Å². The van der Waals surface area contributed by atoms with Crippen molar-refractivity contribution < 1.29 is 4.74 Å². The van der Waals surface area contributed by atoms with Crippen LogP contribution in [0.4, 0.5) is 0 Å². The lowest BCUT2D eigenvalue weighted by atomic mass is 9.89. The SMILES string of the molecule is CCNCC(C)(C)CCOC(C)(C)CCCNC. The summed E-state index contributed by atoms with van der Waals surface area (Å²) in [6, 6.07) is 0. The van der Waals surface area contributed by atoms with E-state index in [1.165, 1.54) is 6.42 Å². The summed E-state index contributed by atoms with van der Waals surface area (Å²) in [5.41, 5.74) is 0.322. The predicted octanol–water partition coefficient (Wildman–Crippen LogP) is 2.81. The molecule has 18 heavy (non-hydrogen) atoms. The van der Waals surface area contributed by atoms with Crippen molar-refractivity contribution in [3.8, 4) is 0 Å². The molecule has 0 aromatic carbocycles. The normalized spacial score (nSPS) is 13.0. The minimum Gasteiger partial charge on any atom is -0.376 e. The molecule has 0 saturated carbocycles. The van der Waals surface area contributed by atoms with Gasteiger partial charge in [-0.25, -0.2) is 0 Å². The molecule has 0 bridgehead atoms. The zero-order chi connectivity index (χ0) is 14.1. The highest BCUT2D eigenvalue weighted by atomic mass is 16.5. The maximum Gasteiger partial charge on any atom is 0.0627 e. The number of rotatable bonds is 11. The Balaban J connectivity index is 3.79. The molecule has 0 aliphatic rings. The van der Waals surface area contributed by atoms with Crippen molar-refractivity contribution in [3.05, 3.63) is 0 Å². The van der Waals surface area contributed by atoms with Crippen LogP contribution in [0, 0.1) is 5.41 Å². The Morgan fingerprint density at radius 1 is 1.06 bits per heavy atom. The lowest BCUT2D eigenvalue weighted by molar-refractivity contribution is -0.0350. The van der Waals surface area contributed by atoms with Crippen molar-refractivity contribution in [1.82, 2.24) is 10.6 Å². The molecule has 3 heteroatoms. The fraction of sp³-hybridized carbons (Fsp3) is 1.00. The van der Waals surface area contributed by atoms with E-state index in [2.05, 4.69) is 45.3 Å². The number of hydrogen-bond acceptors (Lipinski definition) is 3. The van der Waals surface area contributed by atoms with E-state index in [1.807, 2.05) is 7.05 Å². The summed E-state index contributed by atoms with van der Waals surface area (Å²) in [5.74, 6) is 0. The summed E-state index contributed by atoms with van der Waals surface area (Å²) in [7, 11) is 2.00. The third-order valence-electron chi connectivity index (χ3n) is 3.33. The van der Waals surface area contributed by atoms with Crippen LogP contribution in [0.5, 0.6) is 0 Å². The van der Waals surface area contributed by atoms with E-state index < -0.39 is 0 Å². The lowest BCUT2D eigenvalue weighted by Gasteiger charge is -2.29. The fourth-order valence-corrected chi connectivity index (χ4v) is 1.92. The maximum absolute atomic E-state index is 6.04. The highest BCUT2D eigenvalue weighted by Crippen LogP contribution is 2.22. The van der Waals surface area contributed by atoms with Crippen molar-refractivity contribution in [2.24, 2.45) is 5.41 Å². The molecule has 0 unspecified atom stereocenters. The predicted molar refractivity (Wildman–Crippen MR) is 80.1 cm³/mol. The van der Waals surface area contributed by atoms with Gasteiger partial charge in [0, 0.05) is 13.2 Å². The largest absolute Gasteiger partial charge is 0.376 e. The van der Waals surface area contributed by atoms with Crippen LogP contribution in [0.2, 0.25) is 0 Å². The van der Waals surface area contributed by atoms with Crippen LogP contribution < -0.4 is 10.6 Å². The second-order valence-corrected chi connectivity index (χ2v) is 6.51. The first-order valence-electron chi connectivity index (χ1n) is 7.32. The average Bonchev–Trinajstić information content (AvgIpc) is 2.26. The Kier molecular flexibility index (Phi) is 8.83. The van der Waals surface area contributed by atoms with Crippen molar-refractivity contribution in [3.63, 3.8) is 0 Å². The van der Waals surface area contributed by atoms with Crippen LogP contribution in [0.3, 0.4) is 0 Å². The Bertz CT molecular complexity index is 203. The smallest absolute Gasteiger partial charge is 0.0627 e. The van der Waals surface area contributed by atoms with Gasteiger partial charge in [-0.2, -0.15) is 0 Å². The van der Waals surface area contributed by atoms with Gasteiger partial charge in [0.05, 0.1) is 5.60 Å². The first kappa shape index (κ1) is 17.9. The van der Waals surface area contributed by atoms with Crippen LogP contribution >= 0.6 is 0 Å². The first-order valence-corrected chi connectivity index (χ1v) is 7.32. The molecule has 0 aliphatic carbocycles. The molecular weight excluding hydrogens is 224 g/mol. The van der Waals surface area contributed by atoms with Gasteiger partial charge in [-0.1, -0.05) is 20.8 Å². The van der Waals surface area contributed by atoms with Gasteiger partial charge in [-0.05, 0) is 58.7 Å². The molecule has 0 atom stereocenters. The monoisotopic (exact) mass is 258 g/mol. The van der Waals surface area contributed by atoms with Gasteiger partial charge in [0.2, 0.25) is 0 Å². The lowest BCUT2D eigenvalue weighted by Crippen LogP contribution is -2.32. The van der Waals surface area contributed by atoms with Crippen molar-refractivity contribution in [2.75, 3.05) is 33.3 Å². The summed E-state index contributed by atoms with van der Waals surface area (Å²) in [4.78, 5) is 0. The van der Waals surface area contributed by atoms with Crippen LogP contribution in [0.25, 0.3) is 0 Å². The Morgan fingerprint density at radius 2 is 1.72 bits per heavy atom. The maximum atomic E-state index is 6.04. The second-order valence-electron chi connectivity index (χ2n) is 6.51. The number of ether oxygens (including phenoxy) is 1. The molecule has 0 saturated heterocycles. The summed E-state index contributed by atoms with van der Waals surface area (Å²) in [5, 5.41) is 6.59. The molecule has 0 rings (SSSR count). The third-order valence-corrected chi connectivity index (χ3v) is 3.33. The Morgan fingerprint density at radius 3 is 2.28 bits per heavy atom. The van der Waals surface area contributed by atoms with Gasteiger partial charge in [0.1, 0.15) is 0 Å². The van der Waals surface area contributed by atoms with Crippen LogP contribution in [-0.4, -0.2) is 38.9 Å². The molecule has 0 aliphatic heterocycles. The number of nitrogens with one attached hydrogen (secondary N) is 2. The van der Waals surface area contributed by atoms with Crippen LogP contribution in [0.15, 0.2) is 0 Å². The van der Waals surface area contributed by atoms with Gasteiger partial charge in [-0.3, -0.25) is 0 Å². The Labute approximate surface area is 114 Å². The van der Waals surface area contributed by atoms with Gasteiger partial charge < -0.3 is 15.4 Å². The fourth-order valence-electron chi connectivity index (χ4n) is 1.92. The van der Waals surface area contributed by atoms with E-state index in [9.17, 15) is 0 Å². The molecule has 0 amide bonds. The van der Waals surface area contributed by atoms with E-state index in [4.69, 9.17) is 4.74 Å². The second kappa shape index (κ2) is 8.89. The summed E-state index contributed by atoms with van der Waals surface area (Å²) in [6.45, 7) is 15.2. The molecular formula is C15H34N2O. The third kappa shape index (κ3) is 9.86. The molecule has 0 fully saturated rings. The molecule has 110 valence electrons. The van der Waals surface area contributed by atoms with E-state index in [0.29, 0.717) is 5.41 Å². The average molecular weight is 258 g/mol. The quantitative estimate of drug-likeness (QED) is 0.559. The highest BCUT2D eigenvalue weighted by molar-refractivity contribution is 4.73. The Hall–Kier alpha value is -0.120. The molecule has 0 heterocycles. The topological polar surface area (TPSA) is 33.3 Å². The minimum absolute atomic E-state index is 0.00507. The van der Waals surface area contributed by atoms with Gasteiger partial charge >= 0.3 is 0 Å². The molecule has 3 nitrogen and oxygen atoms in total. The minimum atomic E-state index is 0.00507. The van der Waals surface area contributed by atoms with Crippen LogP contribution in [-0.2, 0) is 4.74 Å². The zero-order valence-corrected chi connectivity index (χ0v) is 13.4. The van der Waals surface area contributed by atoms with Crippen molar-refractivity contribution in [2.45, 2.75) is 59.5 Å². The van der Waals surface area contributed by atoms with Crippen molar-refractivity contribution >= 4 is 0 Å². The van der Waals surface area contributed by atoms with Gasteiger partial charge in [0.25, 0.3) is 0 Å². The van der Waals surface area contributed by atoms with Crippen LogP contribution in [0.1, 0.15) is 53.9 Å². The molecule has 0 aromatic rings. The summed E-state index contributed by atoms with van der Waals surface area (Å²) < 4.78 is 6.04. The van der Waals surface area contributed by atoms with E-state index in [1.54, 1.807) is 0 Å². The van der Waals surface area contributed by atoms with E-state index >= 15 is 0 Å². The molecule has 0 aromatic heterocycles. The zero-order valence-electron chi connectivity index (χ0n) is 13.4.